The summed E-state index contributed by atoms with van der Waals surface area (Å²) in [5.74, 6) is -1.80. The van der Waals surface area contributed by atoms with E-state index in [2.05, 4.69) is 4.98 Å². The lowest BCUT2D eigenvalue weighted by molar-refractivity contribution is -0.140. The highest BCUT2D eigenvalue weighted by Crippen LogP contribution is 2.31. The lowest BCUT2D eigenvalue weighted by Gasteiger charge is -2.07. The fraction of sp³-hybridized carbons (Fsp3) is 0.0909. The number of amides is 2. The topological polar surface area (TPSA) is 87.6 Å². The van der Waals surface area contributed by atoms with E-state index in [9.17, 15) is 14.4 Å². The molecule has 0 bridgehead atoms. The zero-order chi connectivity index (χ0) is 13.1. The number of imide groups is 1. The van der Waals surface area contributed by atoms with Crippen LogP contribution in [0.1, 0.15) is 5.56 Å². The van der Waals surface area contributed by atoms with Gasteiger partial charge in [0.1, 0.15) is 6.54 Å². The Morgan fingerprint density at radius 3 is 2.67 bits per heavy atom. The molecule has 0 spiro atoms. The number of aliphatic carboxylic acids is 1. The van der Waals surface area contributed by atoms with Crippen LogP contribution in [0.25, 0.3) is 6.08 Å². The van der Waals surface area contributed by atoms with Crippen molar-refractivity contribution in [3.05, 3.63) is 35.0 Å². The number of carbonyl (C=O) groups is 3. The van der Waals surface area contributed by atoms with Gasteiger partial charge in [-0.15, -0.1) is 0 Å². The summed E-state index contributed by atoms with van der Waals surface area (Å²) < 4.78 is 0. The van der Waals surface area contributed by atoms with Crippen molar-refractivity contribution in [3.8, 4) is 0 Å². The van der Waals surface area contributed by atoms with Crippen molar-refractivity contribution in [3.63, 3.8) is 0 Å². The van der Waals surface area contributed by atoms with Gasteiger partial charge in [-0.1, -0.05) is 0 Å². The Balaban J connectivity index is 2.23. The van der Waals surface area contributed by atoms with Crippen LogP contribution in [0.15, 0.2) is 29.4 Å². The van der Waals surface area contributed by atoms with Gasteiger partial charge in [0.25, 0.3) is 11.1 Å². The first kappa shape index (κ1) is 12.3. The third-order valence-electron chi connectivity index (χ3n) is 2.17. The highest BCUT2D eigenvalue weighted by atomic mass is 32.2. The number of hydrogen-bond acceptors (Lipinski definition) is 5. The monoisotopic (exact) mass is 264 g/mol. The van der Waals surface area contributed by atoms with E-state index in [4.69, 9.17) is 5.11 Å². The number of nitrogens with zero attached hydrogens (tertiary/aromatic N) is 2. The second kappa shape index (κ2) is 5.01. The average molecular weight is 264 g/mol. The highest BCUT2D eigenvalue weighted by molar-refractivity contribution is 8.18. The highest BCUT2D eigenvalue weighted by Gasteiger charge is 2.36. The van der Waals surface area contributed by atoms with Crippen LogP contribution in [-0.4, -0.2) is 38.7 Å². The minimum atomic E-state index is -1.22. The molecule has 1 aliphatic rings. The van der Waals surface area contributed by atoms with Gasteiger partial charge in [0, 0.05) is 12.4 Å². The van der Waals surface area contributed by atoms with E-state index in [0.29, 0.717) is 4.90 Å². The Morgan fingerprint density at radius 2 is 2.06 bits per heavy atom. The maximum absolute atomic E-state index is 11.8. The smallest absolute Gasteiger partial charge is 0.323 e. The van der Waals surface area contributed by atoms with E-state index in [1.807, 2.05) is 0 Å². The van der Waals surface area contributed by atoms with Crippen molar-refractivity contribution >= 4 is 35.0 Å². The Hall–Kier alpha value is -2.15. The maximum Gasteiger partial charge on any atom is 0.323 e. The molecular weight excluding hydrogens is 256 g/mol. The van der Waals surface area contributed by atoms with Crippen molar-refractivity contribution in [2.24, 2.45) is 0 Å². The predicted molar refractivity (Wildman–Crippen MR) is 64.5 cm³/mol. The Bertz CT molecular complexity index is 541. The van der Waals surface area contributed by atoms with E-state index in [0.717, 1.165) is 17.3 Å². The van der Waals surface area contributed by atoms with E-state index >= 15 is 0 Å². The molecule has 0 aromatic carbocycles. The van der Waals surface area contributed by atoms with Crippen LogP contribution >= 0.6 is 11.8 Å². The molecule has 0 aliphatic carbocycles. The Morgan fingerprint density at radius 1 is 1.39 bits per heavy atom. The summed E-state index contributed by atoms with van der Waals surface area (Å²) in [6.45, 7) is -0.613. The molecule has 0 unspecified atom stereocenters. The Labute approximate surface area is 106 Å². The molecule has 1 aromatic rings. The van der Waals surface area contributed by atoms with Gasteiger partial charge < -0.3 is 5.11 Å². The van der Waals surface area contributed by atoms with Gasteiger partial charge in [-0.05, 0) is 35.5 Å². The van der Waals surface area contributed by atoms with Gasteiger partial charge in [0.2, 0.25) is 0 Å². The molecule has 0 saturated carbocycles. The van der Waals surface area contributed by atoms with Crippen molar-refractivity contribution in [1.82, 2.24) is 9.88 Å². The van der Waals surface area contributed by atoms with Crippen LogP contribution in [0.2, 0.25) is 0 Å². The van der Waals surface area contributed by atoms with Gasteiger partial charge in [-0.25, -0.2) is 0 Å². The van der Waals surface area contributed by atoms with Gasteiger partial charge in [-0.2, -0.15) is 0 Å². The first-order valence-electron chi connectivity index (χ1n) is 4.95. The SMILES string of the molecule is O=C(O)CN1C(=O)S/C(=C\c2ccncc2)C1=O. The van der Waals surface area contributed by atoms with Crippen LogP contribution in [0.5, 0.6) is 0 Å². The molecule has 1 aromatic heterocycles. The van der Waals surface area contributed by atoms with E-state index < -0.39 is 23.7 Å². The van der Waals surface area contributed by atoms with Gasteiger partial charge in [0.15, 0.2) is 0 Å². The van der Waals surface area contributed by atoms with Crippen molar-refractivity contribution in [2.75, 3.05) is 6.54 Å². The summed E-state index contributed by atoms with van der Waals surface area (Å²) >= 11 is 0.733. The molecule has 2 rings (SSSR count). The molecule has 1 aliphatic heterocycles. The molecule has 2 heterocycles. The Kier molecular flexibility index (Phi) is 3.42. The third kappa shape index (κ3) is 2.57. The molecule has 0 atom stereocenters. The molecule has 92 valence electrons. The molecule has 6 nitrogen and oxygen atoms in total. The molecule has 0 radical (unpaired) electrons. The van der Waals surface area contributed by atoms with Crippen molar-refractivity contribution < 1.29 is 19.5 Å². The van der Waals surface area contributed by atoms with Crippen LogP contribution in [0, 0.1) is 0 Å². The normalized spacial score (nSPS) is 17.6. The second-order valence-electron chi connectivity index (χ2n) is 3.44. The summed E-state index contributed by atoms with van der Waals surface area (Å²) in [6.07, 6.45) is 4.66. The first-order valence-corrected chi connectivity index (χ1v) is 5.77. The number of carbonyl (C=O) groups excluding carboxylic acids is 2. The summed E-state index contributed by atoms with van der Waals surface area (Å²) in [7, 11) is 0. The van der Waals surface area contributed by atoms with Crippen LogP contribution in [0.4, 0.5) is 4.79 Å². The van der Waals surface area contributed by atoms with Crippen molar-refractivity contribution in [1.29, 1.82) is 0 Å². The van der Waals surface area contributed by atoms with E-state index in [1.54, 1.807) is 24.5 Å². The minimum absolute atomic E-state index is 0.215. The zero-order valence-corrected chi connectivity index (χ0v) is 9.88. The zero-order valence-electron chi connectivity index (χ0n) is 9.07. The van der Waals surface area contributed by atoms with E-state index in [-0.39, 0.29) is 4.91 Å². The fourth-order valence-electron chi connectivity index (χ4n) is 1.38. The van der Waals surface area contributed by atoms with Gasteiger partial charge in [0.05, 0.1) is 4.91 Å². The molecule has 1 saturated heterocycles. The predicted octanol–water partition coefficient (Wildman–Crippen LogP) is 1.20. The number of rotatable bonds is 3. The molecule has 7 heteroatoms. The number of aromatic nitrogens is 1. The summed E-state index contributed by atoms with van der Waals surface area (Å²) in [6, 6.07) is 3.37. The molecule has 1 fully saturated rings. The number of pyridine rings is 1. The lowest BCUT2D eigenvalue weighted by Crippen LogP contribution is -2.33. The quantitative estimate of drug-likeness (QED) is 0.825. The number of carboxylic acids is 1. The largest absolute Gasteiger partial charge is 0.480 e. The number of hydrogen-bond donors (Lipinski definition) is 1. The van der Waals surface area contributed by atoms with E-state index in [1.165, 1.54) is 6.08 Å². The maximum atomic E-state index is 11.8. The van der Waals surface area contributed by atoms with Crippen molar-refractivity contribution in [2.45, 2.75) is 0 Å². The van der Waals surface area contributed by atoms with Crippen LogP contribution in [0.3, 0.4) is 0 Å². The number of carboxylic acid groups (broad SMARTS) is 1. The molecule has 1 N–H and O–H groups in total. The summed E-state index contributed by atoms with van der Waals surface area (Å²) in [5.41, 5.74) is 0.728. The van der Waals surface area contributed by atoms with Crippen LogP contribution in [-0.2, 0) is 9.59 Å². The molecule has 18 heavy (non-hydrogen) atoms. The first-order chi connectivity index (χ1) is 8.58. The molecular formula is C11H8N2O4S. The minimum Gasteiger partial charge on any atom is -0.480 e. The fourth-order valence-corrected chi connectivity index (χ4v) is 2.22. The summed E-state index contributed by atoms with van der Waals surface area (Å²) in [4.78, 5) is 38.5. The third-order valence-corrected chi connectivity index (χ3v) is 3.08. The standard InChI is InChI=1S/C11H8N2O4S/c14-9(15)6-13-10(16)8(18-11(13)17)5-7-1-3-12-4-2-7/h1-5H,6H2,(H,14,15)/b8-5-. The number of thioether (sulfide) groups is 1. The van der Waals surface area contributed by atoms with Gasteiger partial charge >= 0.3 is 5.97 Å². The van der Waals surface area contributed by atoms with Gasteiger partial charge in [-0.3, -0.25) is 24.3 Å². The summed E-state index contributed by atoms with van der Waals surface area (Å²) in [5, 5.41) is 8.04. The van der Waals surface area contributed by atoms with Crippen LogP contribution < -0.4 is 0 Å². The molecule has 2 amide bonds. The average Bonchev–Trinajstić information content (AvgIpc) is 2.58. The lowest BCUT2D eigenvalue weighted by atomic mass is 10.2. The second-order valence-corrected chi connectivity index (χ2v) is 4.44.